The highest BCUT2D eigenvalue weighted by Crippen LogP contribution is 2.19. The molecule has 2 atom stereocenters. The molecule has 0 radical (unpaired) electrons. The molecule has 1 rings (SSSR count). The molecule has 0 aliphatic carbocycles. The average molecular weight is 198 g/mol. The number of hydrogen-bond donors (Lipinski definition) is 4. The molecule has 0 saturated carbocycles. The van der Waals surface area contributed by atoms with Crippen LogP contribution in [0.4, 0.5) is 0 Å². The largest absolute Gasteiger partial charge is 0.508 e. The van der Waals surface area contributed by atoms with Gasteiger partial charge in [-0.2, -0.15) is 0 Å². The molecule has 14 heavy (non-hydrogen) atoms. The van der Waals surface area contributed by atoms with Crippen molar-refractivity contribution in [3.8, 4) is 5.75 Å². The van der Waals surface area contributed by atoms with Gasteiger partial charge in [0.25, 0.3) is 0 Å². The molecular formula is C9H10O5. The lowest BCUT2D eigenvalue weighted by Gasteiger charge is -2.13. The van der Waals surface area contributed by atoms with Crippen molar-refractivity contribution in [1.82, 2.24) is 0 Å². The summed E-state index contributed by atoms with van der Waals surface area (Å²) < 4.78 is 0. The Kier molecular flexibility index (Phi) is 3.06. The van der Waals surface area contributed by atoms with Crippen LogP contribution in [-0.2, 0) is 4.79 Å². The van der Waals surface area contributed by atoms with Gasteiger partial charge in [-0.15, -0.1) is 0 Å². The van der Waals surface area contributed by atoms with Gasteiger partial charge in [-0.3, -0.25) is 0 Å². The number of hydrogen-bond acceptors (Lipinski definition) is 4. The van der Waals surface area contributed by atoms with E-state index in [4.69, 9.17) is 15.3 Å². The molecule has 4 N–H and O–H groups in total. The van der Waals surface area contributed by atoms with E-state index < -0.39 is 18.2 Å². The summed E-state index contributed by atoms with van der Waals surface area (Å²) in [5, 5.41) is 35.7. The van der Waals surface area contributed by atoms with Gasteiger partial charge in [0.15, 0.2) is 6.10 Å². The number of carboxylic acids is 1. The Labute approximate surface area is 79.9 Å². The maximum Gasteiger partial charge on any atom is 0.335 e. The maximum atomic E-state index is 10.3. The Bertz CT molecular complexity index is 318. The van der Waals surface area contributed by atoms with Crippen molar-refractivity contribution in [3.63, 3.8) is 0 Å². The first-order chi connectivity index (χ1) is 6.52. The number of phenols is 1. The van der Waals surface area contributed by atoms with Crippen LogP contribution in [0.25, 0.3) is 0 Å². The molecule has 0 unspecified atom stereocenters. The fraction of sp³-hybridized carbons (Fsp3) is 0.222. The number of aliphatic carboxylic acids is 1. The van der Waals surface area contributed by atoms with Gasteiger partial charge in [0.2, 0.25) is 0 Å². The molecule has 0 heterocycles. The molecule has 0 bridgehead atoms. The van der Waals surface area contributed by atoms with Gasteiger partial charge >= 0.3 is 5.97 Å². The fourth-order valence-electron chi connectivity index (χ4n) is 0.989. The quantitative estimate of drug-likeness (QED) is 0.542. The van der Waals surface area contributed by atoms with E-state index in [1.807, 2.05) is 0 Å². The van der Waals surface area contributed by atoms with Gasteiger partial charge in [0.05, 0.1) is 0 Å². The highest BCUT2D eigenvalue weighted by molar-refractivity contribution is 5.73. The van der Waals surface area contributed by atoms with Crippen LogP contribution in [0.15, 0.2) is 24.3 Å². The van der Waals surface area contributed by atoms with E-state index in [0.29, 0.717) is 0 Å². The van der Waals surface area contributed by atoms with Crippen molar-refractivity contribution < 1.29 is 25.2 Å². The van der Waals surface area contributed by atoms with Gasteiger partial charge in [-0.1, -0.05) is 12.1 Å². The molecular weight excluding hydrogens is 188 g/mol. The number of carboxylic acid groups (broad SMARTS) is 1. The number of benzene rings is 1. The van der Waals surface area contributed by atoms with E-state index in [1.54, 1.807) is 0 Å². The van der Waals surface area contributed by atoms with Crippen molar-refractivity contribution in [2.45, 2.75) is 12.2 Å². The van der Waals surface area contributed by atoms with Crippen LogP contribution in [0, 0.1) is 0 Å². The number of aliphatic hydroxyl groups excluding tert-OH is 2. The first-order valence-corrected chi connectivity index (χ1v) is 3.90. The molecule has 0 aliphatic heterocycles. The molecule has 76 valence electrons. The molecule has 0 aliphatic rings. The Morgan fingerprint density at radius 1 is 1.14 bits per heavy atom. The first-order valence-electron chi connectivity index (χ1n) is 3.90. The monoisotopic (exact) mass is 198 g/mol. The van der Waals surface area contributed by atoms with Crippen LogP contribution in [0.2, 0.25) is 0 Å². The zero-order valence-electron chi connectivity index (χ0n) is 7.16. The van der Waals surface area contributed by atoms with E-state index in [9.17, 15) is 9.90 Å². The van der Waals surface area contributed by atoms with Gasteiger partial charge in [0, 0.05) is 0 Å². The van der Waals surface area contributed by atoms with E-state index in [2.05, 4.69) is 0 Å². The normalized spacial score (nSPS) is 14.7. The number of rotatable bonds is 3. The van der Waals surface area contributed by atoms with Crippen LogP contribution in [0.3, 0.4) is 0 Å². The molecule has 0 saturated heterocycles. The summed E-state index contributed by atoms with van der Waals surface area (Å²) >= 11 is 0. The zero-order valence-corrected chi connectivity index (χ0v) is 7.16. The lowest BCUT2D eigenvalue weighted by molar-refractivity contribution is -0.153. The second-order valence-electron chi connectivity index (χ2n) is 2.82. The summed E-state index contributed by atoms with van der Waals surface area (Å²) in [6.45, 7) is 0. The van der Waals surface area contributed by atoms with Gasteiger partial charge in [0.1, 0.15) is 11.9 Å². The minimum atomic E-state index is -1.86. The van der Waals surface area contributed by atoms with Crippen LogP contribution >= 0.6 is 0 Å². The molecule has 0 amide bonds. The fourth-order valence-corrected chi connectivity index (χ4v) is 0.989. The summed E-state index contributed by atoms with van der Waals surface area (Å²) in [6, 6.07) is 5.28. The minimum Gasteiger partial charge on any atom is -0.508 e. The Balaban J connectivity index is 2.84. The topological polar surface area (TPSA) is 98.0 Å². The van der Waals surface area contributed by atoms with Crippen LogP contribution in [0.1, 0.15) is 11.7 Å². The lowest BCUT2D eigenvalue weighted by Crippen LogP contribution is -2.27. The second-order valence-corrected chi connectivity index (χ2v) is 2.82. The molecule has 5 nitrogen and oxygen atoms in total. The first kappa shape index (κ1) is 10.5. The molecule has 5 heteroatoms. The van der Waals surface area contributed by atoms with Crippen molar-refractivity contribution in [3.05, 3.63) is 29.8 Å². The lowest BCUT2D eigenvalue weighted by atomic mass is 10.0. The average Bonchev–Trinajstić information content (AvgIpc) is 2.16. The smallest absolute Gasteiger partial charge is 0.335 e. The standard InChI is InChI=1S/C9H10O5/c10-6-3-1-5(2-4-6)7(11)8(12)9(13)14/h1-4,7-8,10-12H,(H,13,14)/t7-,8-/m1/s1. The van der Waals surface area contributed by atoms with Crippen LogP contribution in [-0.4, -0.2) is 32.5 Å². The molecule has 0 spiro atoms. The summed E-state index contributed by atoms with van der Waals surface area (Å²) in [5.74, 6) is -1.49. The summed E-state index contributed by atoms with van der Waals surface area (Å²) in [6.07, 6.45) is -3.35. The maximum absolute atomic E-state index is 10.3. The molecule has 1 aromatic carbocycles. The third kappa shape index (κ3) is 2.21. The minimum absolute atomic E-state index is 0.00534. The summed E-state index contributed by atoms with van der Waals surface area (Å²) in [7, 11) is 0. The van der Waals surface area contributed by atoms with Crippen molar-refractivity contribution in [2.24, 2.45) is 0 Å². The number of aliphatic hydroxyl groups is 2. The SMILES string of the molecule is O=C(O)[C@H](O)[C@H](O)c1ccc(O)cc1. The number of aromatic hydroxyl groups is 1. The van der Waals surface area contributed by atoms with E-state index >= 15 is 0 Å². The van der Waals surface area contributed by atoms with Gasteiger partial charge < -0.3 is 20.4 Å². The van der Waals surface area contributed by atoms with Gasteiger partial charge in [-0.05, 0) is 17.7 Å². The summed E-state index contributed by atoms with van der Waals surface area (Å²) in [4.78, 5) is 10.3. The molecule has 1 aromatic rings. The third-order valence-corrected chi connectivity index (χ3v) is 1.79. The van der Waals surface area contributed by atoms with E-state index in [-0.39, 0.29) is 11.3 Å². The number of phenolic OH excluding ortho intramolecular Hbond substituents is 1. The molecule has 0 aromatic heterocycles. The van der Waals surface area contributed by atoms with Crippen molar-refractivity contribution in [2.75, 3.05) is 0 Å². The third-order valence-electron chi connectivity index (χ3n) is 1.79. The Morgan fingerprint density at radius 3 is 2.07 bits per heavy atom. The van der Waals surface area contributed by atoms with Crippen LogP contribution in [0.5, 0.6) is 5.75 Å². The second kappa shape index (κ2) is 4.08. The zero-order chi connectivity index (χ0) is 10.7. The van der Waals surface area contributed by atoms with E-state index in [0.717, 1.165) is 0 Å². The van der Waals surface area contributed by atoms with E-state index in [1.165, 1.54) is 24.3 Å². The highest BCUT2D eigenvalue weighted by atomic mass is 16.4. The Hall–Kier alpha value is -1.59. The van der Waals surface area contributed by atoms with Crippen molar-refractivity contribution in [1.29, 1.82) is 0 Å². The predicted molar refractivity (Wildman–Crippen MR) is 46.7 cm³/mol. The van der Waals surface area contributed by atoms with Crippen LogP contribution < -0.4 is 0 Å². The number of carbonyl (C=O) groups is 1. The Morgan fingerprint density at radius 2 is 1.64 bits per heavy atom. The summed E-state index contributed by atoms with van der Waals surface area (Å²) in [5.41, 5.74) is 0.234. The van der Waals surface area contributed by atoms with Gasteiger partial charge in [-0.25, -0.2) is 4.79 Å². The van der Waals surface area contributed by atoms with Crippen molar-refractivity contribution >= 4 is 5.97 Å². The predicted octanol–water partition coefficient (Wildman–Crippen LogP) is -0.129. The highest BCUT2D eigenvalue weighted by Gasteiger charge is 2.24. The molecule has 0 fully saturated rings.